The third kappa shape index (κ3) is 3.19. The maximum absolute atomic E-state index is 8.50. The standard InChI is InChI=1S/C13H13N5/c1-10-2-4-11(5-3-10)7-15-12-6-13(16-8-14)18-9-17-12/h2-6,9H,7H2,1H3,(H2,15,16,17,18). The van der Waals surface area contributed by atoms with Gasteiger partial charge in [0.05, 0.1) is 0 Å². The van der Waals surface area contributed by atoms with Crippen LogP contribution in [0, 0.1) is 18.4 Å². The Morgan fingerprint density at radius 1 is 1.17 bits per heavy atom. The van der Waals surface area contributed by atoms with Crippen LogP contribution in [0.4, 0.5) is 11.6 Å². The van der Waals surface area contributed by atoms with Gasteiger partial charge in [-0.2, -0.15) is 5.26 Å². The van der Waals surface area contributed by atoms with Crippen molar-refractivity contribution >= 4 is 11.6 Å². The van der Waals surface area contributed by atoms with Gasteiger partial charge in [0, 0.05) is 12.6 Å². The molecule has 2 rings (SSSR count). The molecule has 5 nitrogen and oxygen atoms in total. The maximum atomic E-state index is 8.50. The number of nitrogens with one attached hydrogen (secondary N) is 2. The second-order valence-corrected chi connectivity index (χ2v) is 3.86. The zero-order chi connectivity index (χ0) is 12.8. The van der Waals surface area contributed by atoms with Gasteiger partial charge in [0.15, 0.2) is 6.19 Å². The molecule has 0 aliphatic carbocycles. The first-order valence-corrected chi connectivity index (χ1v) is 5.54. The smallest absolute Gasteiger partial charge is 0.182 e. The highest BCUT2D eigenvalue weighted by atomic mass is 15.1. The molecule has 0 spiro atoms. The number of nitriles is 1. The lowest BCUT2D eigenvalue weighted by molar-refractivity contribution is 1.08. The molecule has 0 saturated carbocycles. The third-order valence-electron chi connectivity index (χ3n) is 2.45. The largest absolute Gasteiger partial charge is 0.366 e. The van der Waals surface area contributed by atoms with E-state index in [-0.39, 0.29) is 0 Å². The van der Waals surface area contributed by atoms with Crippen molar-refractivity contribution in [1.82, 2.24) is 9.97 Å². The molecule has 90 valence electrons. The van der Waals surface area contributed by atoms with Gasteiger partial charge in [-0.1, -0.05) is 29.8 Å². The molecule has 0 aliphatic rings. The molecular weight excluding hydrogens is 226 g/mol. The Kier molecular flexibility index (Phi) is 3.72. The van der Waals surface area contributed by atoms with Crippen LogP contribution in [0.1, 0.15) is 11.1 Å². The first kappa shape index (κ1) is 11.9. The quantitative estimate of drug-likeness (QED) is 0.632. The Bertz CT molecular complexity index is 556. The molecule has 18 heavy (non-hydrogen) atoms. The summed E-state index contributed by atoms with van der Waals surface area (Å²) in [7, 11) is 0. The molecule has 5 heteroatoms. The Balaban J connectivity index is 1.99. The number of nitrogens with zero attached hydrogens (tertiary/aromatic N) is 3. The van der Waals surface area contributed by atoms with Crippen molar-refractivity contribution < 1.29 is 0 Å². The van der Waals surface area contributed by atoms with E-state index >= 15 is 0 Å². The molecule has 0 amide bonds. The Hall–Kier alpha value is -2.61. The maximum Gasteiger partial charge on any atom is 0.182 e. The highest BCUT2D eigenvalue weighted by Crippen LogP contribution is 2.10. The number of hydrogen-bond acceptors (Lipinski definition) is 5. The van der Waals surface area contributed by atoms with Crippen molar-refractivity contribution in [3.05, 3.63) is 47.8 Å². The Labute approximate surface area is 106 Å². The summed E-state index contributed by atoms with van der Waals surface area (Å²) in [6.45, 7) is 2.74. The molecule has 0 radical (unpaired) electrons. The number of anilines is 2. The van der Waals surface area contributed by atoms with Crippen molar-refractivity contribution in [3.63, 3.8) is 0 Å². The average molecular weight is 239 g/mol. The first-order chi connectivity index (χ1) is 8.78. The van der Waals surface area contributed by atoms with Crippen LogP contribution >= 0.6 is 0 Å². The average Bonchev–Trinajstić information content (AvgIpc) is 2.39. The summed E-state index contributed by atoms with van der Waals surface area (Å²) in [5.41, 5.74) is 2.41. The van der Waals surface area contributed by atoms with E-state index in [9.17, 15) is 0 Å². The van der Waals surface area contributed by atoms with Gasteiger partial charge in [0.2, 0.25) is 0 Å². The van der Waals surface area contributed by atoms with Crippen LogP contribution < -0.4 is 10.6 Å². The second kappa shape index (κ2) is 5.64. The van der Waals surface area contributed by atoms with Gasteiger partial charge >= 0.3 is 0 Å². The van der Waals surface area contributed by atoms with Crippen LogP contribution in [-0.2, 0) is 6.54 Å². The lowest BCUT2D eigenvalue weighted by Gasteiger charge is -2.06. The minimum atomic E-state index is 0.485. The molecule has 1 heterocycles. The lowest BCUT2D eigenvalue weighted by Crippen LogP contribution is -2.02. The fourth-order valence-corrected chi connectivity index (χ4v) is 1.48. The Morgan fingerprint density at radius 3 is 2.61 bits per heavy atom. The predicted molar refractivity (Wildman–Crippen MR) is 69.8 cm³/mol. The molecule has 0 atom stereocenters. The highest BCUT2D eigenvalue weighted by molar-refractivity contribution is 5.48. The van der Waals surface area contributed by atoms with Gasteiger partial charge in [-0.15, -0.1) is 0 Å². The molecular formula is C13H13N5. The molecule has 1 aromatic carbocycles. The van der Waals surface area contributed by atoms with E-state index in [1.54, 1.807) is 6.07 Å². The van der Waals surface area contributed by atoms with E-state index in [0.29, 0.717) is 18.2 Å². The second-order valence-electron chi connectivity index (χ2n) is 3.86. The van der Waals surface area contributed by atoms with Crippen LogP contribution in [0.25, 0.3) is 0 Å². The van der Waals surface area contributed by atoms with Crippen molar-refractivity contribution in [1.29, 1.82) is 5.26 Å². The van der Waals surface area contributed by atoms with Crippen LogP contribution in [-0.4, -0.2) is 9.97 Å². The summed E-state index contributed by atoms with van der Waals surface area (Å²) in [5, 5.41) is 14.1. The van der Waals surface area contributed by atoms with E-state index in [0.717, 1.165) is 0 Å². The van der Waals surface area contributed by atoms with E-state index in [1.807, 2.05) is 6.19 Å². The van der Waals surface area contributed by atoms with E-state index < -0.39 is 0 Å². The normalized spacial score (nSPS) is 9.56. The van der Waals surface area contributed by atoms with Crippen molar-refractivity contribution in [2.24, 2.45) is 0 Å². The molecule has 1 aromatic heterocycles. The molecule has 0 unspecified atom stereocenters. The number of rotatable bonds is 4. The molecule has 0 fully saturated rings. The summed E-state index contributed by atoms with van der Waals surface area (Å²) in [5.74, 6) is 1.17. The molecule has 2 N–H and O–H groups in total. The third-order valence-corrected chi connectivity index (χ3v) is 2.45. The summed E-state index contributed by atoms with van der Waals surface area (Å²) >= 11 is 0. The van der Waals surface area contributed by atoms with Gasteiger partial charge in [-0.3, -0.25) is 5.32 Å². The van der Waals surface area contributed by atoms with E-state index in [2.05, 4.69) is 51.8 Å². The topological polar surface area (TPSA) is 73.6 Å². The number of aryl methyl sites for hydroxylation is 1. The molecule has 0 bridgehead atoms. The van der Waals surface area contributed by atoms with Gasteiger partial charge < -0.3 is 5.32 Å². The Morgan fingerprint density at radius 2 is 1.89 bits per heavy atom. The predicted octanol–water partition coefficient (Wildman–Crippen LogP) is 2.29. The van der Waals surface area contributed by atoms with Crippen LogP contribution in [0.3, 0.4) is 0 Å². The van der Waals surface area contributed by atoms with Gasteiger partial charge in [-0.05, 0) is 12.5 Å². The zero-order valence-electron chi connectivity index (χ0n) is 10.0. The lowest BCUT2D eigenvalue weighted by atomic mass is 10.1. The summed E-state index contributed by atoms with van der Waals surface area (Å²) in [6, 6.07) is 9.96. The number of aromatic nitrogens is 2. The minimum absolute atomic E-state index is 0.485. The van der Waals surface area contributed by atoms with E-state index in [1.165, 1.54) is 17.5 Å². The van der Waals surface area contributed by atoms with Gasteiger partial charge in [0.25, 0.3) is 0 Å². The van der Waals surface area contributed by atoms with Gasteiger partial charge in [-0.25, -0.2) is 9.97 Å². The SMILES string of the molecule is Cc1ccc(CNc2cc(NC#N)ncn2)cc1. The summed E-state index contributed by atoms with van der Waals surface area (Å²) in [6.07, 6.45) is 3.24. The highest BCUT2D eigenvalue weighted by Gasteiger charge is 1.98. The monoisotopic (exact) mass is 239 g/mol. The fraction of sp³-hybridized carbons (Fsp3) is 0.154. The van der Waals surface area contributed by atoms with Crippen molar-refractivity contribution in [2.45, 2.75) is 13.5 Å². The summed E-state index contributed by atoms with van der Waals surface area (Å²) in [4.78, 5) is 7.99. The molecule has 2 aromatic rings. The minimum Gasteiger partial charge on any atom is -0.366 e. The zero-order valence-corrected chi connectivity index (χ0v) is 10.0. The van der Waals surface area contributed by atoms with E-state index in [4.69, 9.17) is 5.26 Å². The van der Waals surface area contributed by atoms with Crippen LogP contribution in [0.2, 0.25) is 0 Å². The fourth-order valence-electron chi connectivity index (χ4n) is 1.48. The first-order valence-electron chi connectivity index (χ1n) is 5.54. The molecule has 0 saturated heterocycles. The number of benzene rings is 1. The van der Waals surface area contributed by atoms with Crippen molar-refractivity contribution in [2.75, 3.05) is 10.6 Å². The van der Waals surface area contributed by atoms with Crippen LogP contribution in [0.5, 0.6) is 0 Å². The summed E-state index contributed by atoms with van der Waals surface area (Å²) < 4.78 is 0. The van der Waals surface area contributed by atoms with Crippen molar-refractivity contribution in [3.8, 4) is 6.19 Å². The van der Waals surface area contributed by atoms with Crippen LogP contribution in [0.15, 0.2) is 36.7 Å². The van der Waals surface area contributed by atoms with Gasteiger partial charge in [0.1, 0.15) is 18.0 Å². The number of hydrogen-bond donors (Lipinski definition) is 2. The molecule has 0 aliphatic heterocycles.